The summed E-state index contributed by atoms with van der Waals surface area (Å²) in [5, 5.41) is 20.5. The van der Waals surface area contributed by atoms with Gasteiger partial charge in [0.1, 0.15) is 0 Å². The second kappa shape index (κ2) is 20.1. The highest BCUT2D eigenvalue weighted by molar-refractivity contribution is 5.81. The average Bonchev–Trinajstić information content (AvgIpc) is 2.85. The van der Waals surface area contributed by atoms with Crippen LogP contribution in [0.15, 0.2) is 18.2 Å². The van der Waals surface area contributed by atoms with E-state index in [2.05, 4.69) is 40.7 Å². The van der Waals surface area contributed by atoms with Gasteiger partial charge in [-0.2, -0.15) is 0 Å². The summed E-state index contributed by atoms with van der Waals surface area (Å²) >= 11 is 0. The van der Waals surface area contributed by atoms with Gasteiger partial charge >= 0.3 is 11.9 Å². The summed E-state index contributed by atoms with van der Waals surface area (Å²) < 4.78 is 0. The average molecular weight is 531 g/mol. The standard InChI is InChI=1S/C34H58O4/c1-6-7-8-9-10-11-12-13-14-15-21-28-22-18-23-29(30(33(35)36)24-16-19-26(2)3)32(28)31(34(37)38)25-17-20-27(4)5/h18,22-23,26-27,30-31H,6-17,19-21,24-25H2,1-5H3,(H,35,36)(H,37,38). The molecule has 2 N–H and O–H groups in total. The Kier molecular flexibility index (Phi) is 18.1. The number of carboxylic acids is 2. The third-order valence-corrected chi connectivity index (χ3v) is 7.90. The summed E-state index contributed by atoms with van der Waals surface area (Å²) in [4.78, 5) is 25.0. The van der Waals surface area contributed by atoms with Crippen molar-refractivity contribution in [3.05, 3.63) is 34.9 Å². The molecular formula is C34H58O4. The number of benzene rings is 1. The molecule has 0 bridgehead atoms. The maximum Gasteiger partial charge on any atom is 0.310 e. The van der Waals surface area contributed by atoms with Crippen molar-refractivity contribution in [3.8, 4) is 0 Å². The number of hydrogen-bond acceptors (Lipinski definition) is 2. The number of hydrogen-bond donors (Lipinski definition) is 2. The Morgan fingerprint density at radius 3 is 1.58 bits per heavy atom. The predicted octanol–water partition coefficient (Wildman–Crippen LogP) is 10.1. The van der Waals surface area contributed by atoms with Gasteiger partial charge in [0.15, 0.2) is 0 Å². The highest BCUT2D eigenvalue weighted by Gasteiger charge is 2.30. The molecule has 4 nitrogen and oxygen atoms in total. The molecule has 0 saturated heterocycles. The molecular weight excluding hydrogens is 472 g/mol. The van der Waals surface area contributed by atoms with E-state index in [1.807, 2.05) is 12.1 Å². The Labute approximate surface area is 234 Å². The molecule has 1 aromatic rings. The van der Waals surface area contributed by atoms with Crippen LogP contribution >= 0.6 is 0 Å². The lowest BCUT2D eigenvalue weighted by atomic mass is 9.79. The first-order valence-electron chi connectivity index (χ1n) is 15.8. The quantitative estimate of drug-likeness (QED) is 0.138. The molecule has 0 heterocycles. The van der Waals surface area contributed by atoms with E-state index in [9.17, 15) is 19.8 Å². The van der Waals surface area contributed by atoms with Crippen LogP contribution in [0.3, 0.4) is 0 Å². The molecule has 0 aliphatic carbocycles. The SMILES string of the molecule is CCCCCCCCCCCCc1cccc(C(CCCC(C)C)C(=O)O)c1C(CCCC(C)C)C(=O)O. The van der Waals surface area contributed by atoms with E-state index in [1.54, 1.807) is 0 Å². The van der Waals surface area contributed by atoms with Crippen LogP contribution in [0.1, 0.15) is 166 Å². The molecule has 0 fully saturated rings. The first-order chi connectivity index (χ1) is 18.2. The maximum atomic E-state index is 12.6. The molecule has 2 unspecified atom stereocenters. The highest BCUT2D eigenvalue weighted by atomic mass is 16.4. The van der Waals surface area contributed by atoms with Gasteiger partial charge in [-0.25, -0.2) is 0 Å². The van der Waals surface area contributed by atoms with Crippen molar-refractivity contribution in [2.45, 2.75) is 156 Å². The largest absolute Gasteiger partial charge is 0.481 e. The second-order valence-electron chi connectivity index (χ2n) is 12.3. The molecule has 0 aliphatic rings. The summed E-state index contributed by atoms with van der Waals surface area (Å²) in [5.74, 6) is -1.91. The minimum absolute atomic E-state index is 0.522. The number of rotatable bonds is 23. The van der Waals surface area contributed by atoms with Crippen LogP contribution in [-0.4, -0.2) is 22.2 Å². The van der Waals surface area contributed by atoms with Gasteiger partial charge in [0.2, 0.25) is 0 Å². The first kappa shape index (κ1) is 34.2. The molecule has 0 aromatic heterocycles. The number of carboxylic acid groups (broad SMARTS) is 2. The zero-order valence-electron chi connectivity index (χ0n) is 25.3. The van der Waals surface area contributed by atoms with E-state index in [0.717, 1.165) is 61.6 Å². The maximum absolute atomic E-state index is 12.6. The Morgan fingerprint density at radius 1 is 0.632 bits per heavy atom. The van der Waals surface area contributed by atoms with Crippen LogP contribution in [-0.2, 0) is 16.0 Å². The van der Waals surface area contributed by atoms with E-state index in [4.69, 9.17) is 0 Å². The zero-order valence-corrected chi connectivity index (χ0v) is 25.3. The zero-order chi connectivity index (χ0) is 28.3. The molecule has 0 radical (unpaired) electrons. The van der Waals surface area contributed by atoms with Crippen LogP contribution in [0, 0.1) is 11.8 Å². The van der Waals surface area contributed by atoms with Gasteiger partial charge in [-0.15, -0.1) is 0 Å². The van der Waals surface area contributed by atoms with Crippen LogP contribution in [0.2, 0.25) is 0 Å². The smallest absolute Gasteiger partial charge is 0.310 e. The van der Waals surface area contributed by atoms with Gasteiger partial charge in [0.05, 0.1) is 11.8 Å². The summed E-state index contributed by atoms with van der Waals surface area (Å²) in [6.45, 7) is 10.9. The van der Waals surface area contributed by atoms with E-state index in [-0.39, 0.29) is 0 Å². The molecule has 218 valence electrons. The van der Waals surface area contributed by atoms with E-state index >= 15 is 0 Å². The van der Waals surface area contributed by atoms with Crippen LogP contribution < -0.4 is 0 Å². The van der Waals surface area contributed by atoms with Gasteiger partial charge in [0, 0.05) is 0 Å². The monoisotopic (exact) mass is 530 g/mol. The fraction of sp³-hybridized carbons (Fsp3) is 0.765. The normalized spacial score (nSPS) is 13.2. The molecule has 0 aliphatic heterocycles. The highest BCUT2D eigenvalue weighted by Crippen LogP contribution is 2.37. The Hall–Kier alpha value is -1.84. The van der Waals surface area contributed by atoms with Crippen molar-refractivity contribution in [1.29, 1.82) is 0 Å². The summed E-state index contributed by atoms with van der Waals surface area (Å²) in [6, 6.07) is 5.90. The summed E-state index contributed by atoms with van der Waals surface area (Å²) in [5.41, 5.74) is 2.59. The molecule has 4 heteroatoms. The predicted molar refractivity (Wildman–Crippen MR) is 160 cm³/mol. The van der Waals surface area contributed by atoms with Gasteiger partial charge in [-0.1, -0.05) is 136 Å². The van der Waals surface area contributed by atoms with Gasteiger partial charge in [-0.3, -0.25) is 9.59 Å². The lowest BCUT2D eigenvalue weighted by Gasteiger charge is -2.25. The first-order valence-corrected chi connectivity index (χ1v) is 15.8. The molecule has 38 heavy (non-hydrogen) atoms. The molecule has 2 atom stereocenters. The van der Waals surface area contributed by atoms with Crippen molar-refractivity contribution in [2.75, 3.05) is 0 Å². The lowest BCUT2D eigenvalue weighted by molar-refractivity contribution is -0.140. The van der Waals surface area contributed by atoms with Gasteiger partial charge in [-0.05, 0) is 54.2 Å². The molecule has 0 amide bonds. The Bertz CT molecular complexity index is 783. The van der Waals surface area contributed by atoms with E-state index in [1.165, 1.54) is 51.4 Å². The van der Waals surface area contributed by atoms with Crippen molar-refractivity contribution < 1.29 is 19.8 Å². The van der Waals surface area contributed by atoms with Crippen molar-refractivity contribution in [2.24, 2.45) is 11.8 Å². The minimum Gasteiger partial charge on any atom is -0.481 e. The molecule has 0 spiro atoms. The third-order valence-electron chi connectivity index (χ3n) is 7.90. The Morgan fingerprint density at radius 2 is 1.11 bits per heavy atom. The van der Waals surface area contributed by atoms with Gasteiger partial charge < -0.3 is 10.2 Å². The number of unbranched alkanes of at least 4 members (excludes halogenated alkanes) is 9. The Balaban J connectivity index is 3.04. The topological polar surface area (TPSA) is 74.6 Å². The minimum atomic E-state index is -0.836. The summed E-state index contributed by atoms with van der Waals surface area (Å²) in [6.07, 6.45) is 18.2. The number of aliphatic carboxylic acids is 2. The van der Waals surface area contributed by atoms with Crippen molar-refractivity contribution in [1.82, 2.24) is 0 Å². The van der Waals surface area contributed by atoms with Gasteiger partial charge in [0.25, 0.3) is 0 Å². The lowest BCUT2D eigenvalue weighted by Crippen LogP contribution is -2.21. The number of aryl methyl sites for hydroxylation is 1. The fourth-order valence-corrected chi connectivity index (χ4v) is 5.65. The fourth-order valence-electron chi connectivity index (χ4n) is 5.65. The molecule has 0 saturated carbocycles. The molecule has 1 aromatic carbocycles. The third kappa shape index (κ3) is 13.8. The van der Waals surface area contributed by atoms with Crippen LogP contribution in [0.4, 0.5) is 0 Å². The second-order valence-corrected chi connectivity index (χ2v) is 12.3. The molecule has 1 rings (SSSR count). The van der Waals surface area contributed by atoms with Crippen LogP contribution in [0.5, 0.6) is 0 Å². The summed E-state index contributed by atoms with van der Waals surface area (Å²) in [7, 11) is 0. The van der Waals surface area contributed by atoms with E-state index in [0.29, 0.717) is 24.7 Å². The van der Waals surface area contributed by atoms with Crippen molar-refractivity contribution in [3.63, 3.8) is 0 Å². The number of carbonyl (C=O) groups is 2. The van der Waals surface area contributed by atoms with Crippen LogP contribution in [0.25, 0.3) is 0 Å². The van der Waals surface area contributed by atoms with Crippen molar-refractivity contribution >= 4 is 11.9 Å². The van der Waals surface area contributed by atoms with E-state index < -0.39 is 23.8 Å².